The molecule has 0 aromatic heterocycles. The predicted octanol–water partition coefficient (Wildman–Crippen LogP) is 0.939. The van der Waals surface area contributed by atoms with Crippen molar-refractivity contribution in [3.63, 3.8) is 0 Å². The van der Waals surface area contributed by atoms with Gasteiger partial charge in [0.15, 0.2) is 6.29 Å². The molecule has 0 aliphatic carbocycles. The van der Waals surface area contributed by atoms with Gasteiger partial charge in [0.1, 0.15) is 70.2 Å². The third-order valence-corrected chi connectivity index (χ3v) is 10.7. The van der Waals surface area contributed by atoms with Crippen LogP contribution >= 0.6 is 0 Å². The molecule has 0 heterocycles. The molecule has 0 aliphatic heterocycles. The topological polar surface area (TPSA) is 427 Å². The molecular formula is C48H84N4O21. The third-order valence-electron chi connectivity index (χ3n) is 10.7. The zero-order chi connectivity index (χ0) is 55.5. The van der Waals surface area contributed by atoms with Crippen molar-refractivity contribution in [1.82, 2.24) is 21.3 Å². The molecule has 0 aromatic rings. The van der Waals surface area contributed by atoms with E-state index in [9.17, 15) is 90.7 Å². The Morgan fingerprint density at radius 1 is 0.438 bits per heavy atom. The van der Waals surface area contributed by atoms with Crippen molar-refractivity contribution in [2.24, 2.45) is 0 Å². The van der Waals surface area contributed by atoms with E-state index in [1.165, 1.54) is 38.5 Å². The van der Waals surface area contributed by atoms with Gasteiger partial charge in [-0.2, -0.15) is 0 Å². The third kappa shape index (κ3) is 28.5. The maximum Gasteiger partial charge on any atom is 0.224 e. The summed E-state index contributed by atoms with van der Waals surface area (Å²) in [4.78, 5) is 49.4. The van der Waals surface area contributed by atoms with Crippen LogP contribution < -0.4 is 21.3 Å². The molecule has 7 unspecified atom stereocenters. The lowest BCUT2D eigenvalue weighted by atomic mass is 10.1. The summed E-state index contributed by atoms with van der Waals surface area (Å²) in [6, 6.07) is 0. The lowest BCUT2D eigenvalue weighted by Crippen LogP contribution is -2.41. The standard InChI is InChI=1S/C48H84N4O21/c1-5-6-7-8-9-10-11-12-13-14-15-16-17-18-19-20-36(61)52-38(41(62)32(60)21-25-53)46(68)72-34(23-27-55)43(64)40(51-31(4)59)48(70)73-35(24-28-56)44(65)39(50-30(3)58)47(69)71-33(22-26-54)42(63)37(45(66)67)49-29(2)57/h12-13,32-35,45-48,53-56,60,62-70H,5-11,14-28H2,1-4H3,(H,49,57)(H,50,58)(H,51,59)(H,52,61)/b13-12-,41-38-,42-37-,43-40-,44-39-. The Kier molecular flexibility index (Phi) is 37.1. The SMILES string of the molecule is CCCCCCCC/C=C\CCCCCCCC(=O)N/C(=C(\O)C(O)CCO)C(O)OC(CCO)/C(O)=C(/NC(C)=O)C(O)OC(CCO)/C(O)=C(/NC(C)=O)C(O)OC(CCO)/C(O)=C(/NC(C)=O)C(O)O. The molecule has 0 radical (unpaired) electrons. The minimum absolute atomic E-state index is 0.0988. The number of ether oxygens (including phenoxy) is 3. The molecule has 7 atom stereocenters. The fourth-order valence-corrected chi connectivity index (χ4v) is 6.94. The summed E-state index contributed by atoms with van der Waals surface area (Å²) in [6.07, 6.45) is -2.69. The molecule has 0 spiro atoms. The van der Waals surface area contributed by atoms with Gasteiger partial charge in [-0.25, -0.2) is 0 Å². The van der Waals surface area contributed by atoms with Crippen LogP contribution in [-0.4, -0.2) is 171 Å². The van der Waals surface area contributed by atoms with Crippen LogP contribution in [0, 0.1) is 0 Å². The minimum atomic E-state index is -2.58. The number of amides is 4. The van der Waals surface area contributed by atoms with Gasteiger partial charge in [0.2, 0.25) is 42.5 Å². The van der Waals surface area contributed by atoms with Gasteiger partial charge in [0.05, 0.1) is 0 Å². The molecule has 422 valence electrons. The Labute approximate surface area is 426 Å². The molecule has 0 fully saturated rings. The summed E-state index contributed by atoms with van der Waals surface area (Å²) < 4.78 is 16.3. The zero-order valence-corrected chi connectivity index (χ0v) is 42.4. The lowest BCUT2D eigenvalue weighted by molar-refractivity contribution is -0.142. The highest BCUT2D eigenvalue weighted by Gasteiger charge is 2.35. The van der Waals surface area contributed by atoms with Crippen LogP contribution in [0.3, 0.4) is 0 Å². The molecule has 25 heteroatoms. The first-order chi connectivity index (χ1) is 34.6. The van der Waals surface area contributed by atoms with Gasteiger partial charge in [0, 0.05) is 79.3 Å². The summed E-state index contributed by atoms with van der Waals surface area (Å²) in [5.41, 5.74) is -3.72. The van der Waals surface area contributed by atoms with Crippen molar-refractivity contribution >= 4 is 23.6 Å². The highest BCUT2D eigenvalue weighted by atomic mass is 16.6. The van der Waals surface area contributed by atoms with Crippen LogP contribution in [0.15, 0.2) is 58.0 Å². The van der Waals surface area contributed by atoms with Gasteiger partial charge in [-0.1, -0.05) is 70.4 Å². The second kappa shape index (κ2) is 39.7. The van der Waals surface area contributed by atoms with Gasteiger partial charge in [-0.3, -0.25) is 19.2 Å². The Bertz CT molecular complexity index is 1790. The molecule has 0 saturated carbocycles. The van der Waals surface area contributed by atoms with Crippen LogP contribution in [0.5, 0.6) is 0 Å². The first-order valence-electron chi connectivity index (χ1n) is 24.6. The van der Waals surface area contributed by atoms with Crippen molar-refractivity contribution in [3.8, 4) is 0 Å². The highest BCUT2D eigenvalue weighted by Crippen LogP contribution is 2.25. The molecule has 0 rings (SSSR count). The van der Waals surface area contributed by atoms with Crippen molar-refractivity contribution in [1.29, 1.82) is 0 Å². The number of hydrogen-bond acceptors (Lipinski definition) is 21. The van der Waals surface area contributed by atoms with Crippen LogP contribution in [0.1, 0.15) is 143 Å². The Morgan fingerprint density at radius 3 is 1.12 bits per heavy atom. The number of aliphatic hydroxyl groups is 14. The quantitative estimate of drug-likeness (QED) is 0.0175. The predicted molar refractivity (Wildman–Crippen MR) is 261 cm³/mol. The van der Waals surface area contributed by atoms with Gasteiger partial charge in [-0.05, 0) is 32.1 Å². The second-order valence-electron chi connectivity index (χ2n) is 17.0. The maximum atomic E-state index is 13.1. The van der Waals surface area contributed by atoms with Crippen molar-refractivity contribution in [3.05, 3.63) is 58.0 Å². The summed E-state index contributed by atoms with van der Waals surface area (Å²) >= 11 is 0. The fraction of sp³-hybridized carbons (Fsp3) is 0.708. The van der Waals surface area contributed by atoms with Gasteiger partial charge >= 0.3 is 0 Å². The average molecular weight is 1050 g/mol. The van der Waals surface area contributed by atoms with Crippen molar-refractivity contribution in [2.75, 3.05) is 26.4 Å². The van der Waals surface area contributed by atoms with Crippen LogP contribution in [0.25, 0.3) is 0 Å². The molecule has 73 heavy (non-hydrogen) atoms. The largest absolute Gasteiger partial charge is 0.508 e. The number of rotatable bonds is 41. The number of aliphatic hydroxyl groups excluding tert-OH is 13. The van der Waals surface area contributed by atoms with E-state index in [0.717, 1.165) is 52.9 Å². The van der Waals surface area contributed by atoms with E-state index >= 15 is 0 Å². The van der Waals surface area contributed by atoms with E-state index < -0.39 is 171 Å². The number of carbonyl (C=O) groups excluding carboxylic acids is 4. The van der Waals surface area contributed by atoms with Crippen LogP contribution in [-0.2, 0) is 33.4 Å². The van der Waals surface area contributed by atoms with Gasteiger partial charge in [0.25, 0.3) is 0 Å². The number of hydrogen-bond donors (Lipinski definition) is 18. The first kappa shape index (κ1) is 68.3. The summed E-state index contributed by atoms with van der Waals surface area (Å²) in [5, 5.41) is 155. The zero-order valence-electron chi connectivity index (χ0n) is 42.4. The smallest absolute Gasteiger partial charge is 0.224 e. The Balaban J connectivity index is 6.62. The fourth-order valence-electron chi connectivity index (χ4n) is 6.94. The van der Waals surface area contributed by atoms with Crippen molar-refractivity contribution < 1.29 is 105 Å². The van der Waals surface area contributed by atoms with E-state index in [1.54, 1.807) is 0 Å². The maximum absolute atomic E-state index is 13.1. The summed E-state index contributed by atoms with van der Waals surface area (Å²) in [7, 11) is 0. The molecule has 0 saturated heterocycles. The van der Waals surface area contributed by atoms with Gasteiger partial charge < -0.3 is 107 Å². The highest BCUT2D eigenvalue weighted by molar-refractivity contribution is 5.78. The normalized spacial score (nSPS) is 16.3. The first-order valence-corrected chi connectivity index (χ1v) is 24.6. The molecule has 0 bridgehead atoms. The molecule has 0 aliphatic rings. The molecule has 4 amide bonds. The van der Waals surface area contributed by atoms with Crippen LogP contribution in [0.2, 0.25) is 0 Å². The molecule has 18 N–H and O–H groups in total. The molecule has 25 nitrogen and oxygen atoms in total. The van der Waals surface area contributed by atoms with E-state index in [1.807, 2.05) is 10.6 Å². The van der Waals surface area contributed by atoms with E-state index in [2.05, 4.69) is 29.7 Å². The van der Waals surface area contributed by atoms with E-state index in [4.69, 9.17) is 14.2 Å². The van der Waals surface area contributed by atoms with Gasteiger partial charge in [-0.15, -0.1) is 0 Å². The lowest BCUT2D eigenvalue weighted by Gasteiger charge is -2.29. The monoisotopic (exact) mass is 1050 g/mol. The molecular weight excluding hydrogens is 969 g/mol. The Hall–Kier alpha value is -4.74. The minimum Gasteiger partial charge on any atom is -0.508 e. The van der Waals surface area contributed by atoms with E-state index in [-0.39, 0.29) is 6.42 Å². The Morgan fingerprint density at radius 2 is 0.767 bits per heavy atom. The second-order valence-corrected chi connectivity index (χ2v) is 17.0. The van der Waals surface area contributed by atoms with E-state index in [0.29, 0.717) is 12.8 Å². The average Bonchev–Trinajstić information content (AvgIpc) is 3.32. The molecule has 0 aromatic carbocycles. The number of allylic oxidation sites excluding steroid dienone is 2. The number of carbonyl (C=O) groups is 4. The number of unbranched alkanes of at least 4 members (excludes halogenated alkanes) is 11. The number of nitrogens with one attached hydrogen (secondary N) is 4. The summed E-state index contributed by atoms with van der Waals surface area (Å²) in [6.45, 7) is 1.83. The van der Waals surface area contributed by atoms with Crippen LogP contribution in [0.4, 0.5) is 0 Å². The summed E-state index contributed by atoms with van der Waals surface area (Å²) in [5.74, 6) is -8.16. The van der Waals surface area contributed by atoms with Crippen molar-refractivity contribution in [2.45, 2.75) is 193 Å².